The first-order valence-electron chi connectivity index (χ1n) is 10.3. The summed E-state index contributed by atoms with van der Waals surface area (Å²) in [4.78, 5) is 38.0. The predicted molar refractivity (Wildman–Crippen MR) is 112 cm³/mol. The Morgan fingerprint density at radius 3 is 2.58 bits per heavy atom. The third kappa shape index (κ3) is 7.57. The number of pyridine rings is 1. The van der Waals surface area contributed by atoms with E-state index in [1.165, 1.54) is 6.92 Å². The Morgan fingerprint density at radius 2 is 2.03 bits per heavy atom. The topological polar surface area (TPSA) is 141 Å². The first-order valence-corrected chi connectivity index (χ1v) is 10.3. The Bertz CT molecular complexity index is 735. The lowest BCUT2D eigenvalue weighted by Crippen LogP contribution is -2.64. The van der Waals surface area contributed by atoms with Crippen molar-refractivity contribution in [3.05, 3.63) is 30.1 Å². The smallest absolute Gasteiger partial charge is 0.290 e. The number of nitrogens with zero attached hydrogens (tertiary/aromatic N) is 2. The molecule has 0 unspecified atom stereocenters. The van der Waals surface area contributed by atoms with Crippen molar-refractivity contribution in [1.29, 1.82) is 0 Å². The predicted octanol–water partition coefficient (Wildman–Crippen LogP) is -0.0908. The number of rotatable bonds is 5. The second-order valence-corrected chi connectivity index (χ2v) is 8.26. The number of ether oxygens (including phenoxy) is 1. The van der Waals surface area contributed by atoms with E-state index in [4.69, 9.17) is 14.6 Å². The van der Waals surface area contributed by atoms with Gasteiger partial charge in [-0.15, -0.1) is 0 Å². The van der Waals surface area contributed by atoms with E-state index in [9.17, 15) is 14.7 Å². The highest BCUT2D eigenvalue weighted by Crippen LogP contribution is 2.39. The summed E-state index contributed by atoms with van der Waals surface area (Å²) in [7, 11) is 0. The minimum Gasteiger partial charge on any atom is -0.483 e. The number of carbonyl (C=O) groups excluding carboxylic acids is 2. The first-order chi connectivity index (χ1) is 14.7. The SMILES string of the molecule is CC(=O)NCC(=O)N[C@H]1COC2(CCN(Cc3ccccn3)CC2)C[C@]1(C)O.O=CO. The average Bonchev–Trinajstić information content (AvgIpc) is 2.72. The van der Waals surface area contributed by atoms with Crippen LogP contribution in [0.3, 0.4) is 0 Å². The zero-order valence-electron chi connectivity index (χ0n) is 18.0. The van der Waals surface area contributed by atoms with Crippen molar-refractivity contribution in [2.24, 2.45) is 0 Å². The van der Waals surface area contributed by atoms with E-state index < -0.39 is 11.6 Å². The van der Waals surface area contributed by atoms with Crippen molar-refractivity contribution in [1.82, 2.24) is 20.5 Å². The normalized spacial score (nSPS) is 25.1. The molecule has 0 aromatic carbocycles. The Balaban J connectivity index is 0.00000107. The van der Waals surface area contributed by atoms with Crippen LogP contribution >= 0.6 is 0 Å². The Kier molecular flexibility index (Phi) is 8.90. The molecule has 0 radical (unpaired) electrons. The van der Waals surface area contributed by atoms with Crippen LogP contribution in [0.25, 0.3) is 0 Å². The monoisotopic (exact) mass is 436 g/mol. The second kappa shape index (κ2) is 11.2. The molecule has 1 aromatic rings. The summed E-state index contributed by atoms with van der Waals surface area (Å²) in [6.07, 6.45) is 3.95. The van der Waals surface area contributed by atoms with Gasteiger partial charge in [-0.05, 0) is 31.9 Å². The van der Waals surface area contributed by atoms with Crippen LogP contribution in [0, 0.1) is 0 Å². The first kappa shape index (κ1) is 24.7. The van der Waals surface area contributed by atoms with Gasteiger partial charge in [0, 0.05) is 39.2 Å². The molecule has 10 nitrogen and oxygen atoms in total. The molecule has 10 heteroatoms. The fourth-order valence-corrected chi connectivity index (χ4v) is 4.07. The van der Waals surface area contributed by atoms with E-state index in [-0.39, 0.29) is 37.0 Å². The number of hydrogen-bond donors (Lipinski definition) is 4. The van der Waals surface area contributed by atoms with E-state index in [0.717, 1.165) is 38.2 Å². The van der Waals surface area contributed by atoms with Crippen molar-refractivity contribution >= 4 is 18.3 Å². The van der Waals surface area contributed by atoms with Gasteiger partial charge in [0.15, 0.2) is 0 Å². The zero-order valence-corrected chi connectivity index (χ0v) is 18.0. The minimum atomic E-state index is -1.06. The molecule has 2 amide bonds. The van der Waals surface area contributed by atoms with Crippen LogP contribution in [-0.4, -0.2) is 81.9 Å². The summed E-state index contributed by atoms with van der Waals surface area (Å²) in [6, 6.07) is 5.44. The van der Waals surface area contributed by atoms with Gasteiger partial charge < -0.3 is 25.6 Å². The highest BCUT2D eigenvalue weighted by Gasteiger charge is 2.49. The van der Waals surface area contributed by atoms with E-state index in [1.807, 2.05) is 24.4 Å². The number of carboxylic acid groups (broad SMARTS) is 1. The van der Waals surface area contributed by atoms with E-state index in [0.29, 0.717) is 6.42 Å². The number of nitrogens with one attached hydrogen (secondary N) is 2. The van der Waals surface area contributed by atoms with Crippen LogP contribution < -0.4 is 10.6 Å². The van der Waals surface area contributed by atoms with E-state index in [2.05, 4.69) is 20.5 Å². The lowest BCUT2D eigenvalue weighted by molar-refractivity contribution is -0.189. The van der Waals surface area contributed by atoms with Crippen molar-refractivity contribution in [2.45, 2.75) is 56.9 Å². The molecule has 2 aliphatic rings. The van der Waals surface area contributed by atoms with Gasteiger partial charge in [-0.1, -0.05) is 6.07 Å². The largest absolute Gasteiger partial charge is 0.483 e. The molecule has 31 heavy (non-hydrogen) atoms. The lowest BCUT2D eigenvalue weighted by Gasteiger charge is -2.51. The molecule has 3 rings (SSSR count). The number of likely N-dealkylation sites (tertiary alicyclic amines) is 1. The van der Waals surface area contributed by atoms with Crippen molar-refractivity contribution < 1.29 is 29.3 Å². The quantitative estimate of drug-likeness (QED) is 0.469. The molecule has 2 aliphatic heterocycles. The molecule has 172 valence electrons. The molecule has 0 aliphatic carbocycles. The fraction of sp³-hybridized carbons (Fsp3) is 0.619. The van der Waals surface area contributed by atoms with Gasteiger partial charge in [0.05, 0.1) is 36.1 Å². The van der Waals surface area contributed by atoms with E-state index in [1.54, 1.807) is 6.92 Å². The van der Waals surface area contributed by atoms with Gasteiger partial charge in [-0.3, -0.25) is 24.3 Å². The molecule has 4 N–H and O–H groups in total. The third-order valence-electron chi connectivity index (χ3n) is 5.70. The van der Waals surface area contributed by atoms with E-state index >= 15 is 0 Å². The molecule has 2 fully saturated rings. The van der Waals surface area contributed by atoms with Crippen molar-refractivity contribution in [3.8, 4) is 0 Å². The molecule has 3 heterocycles. The summed E-state index contributed by atoms with van der Waals surface area (Å²) in [5.74, 6) is -0.594. The van der Waals surface area contributed by atoms with Crippen LogP contribution in [0.15, 0.2) is 24.4 Å². The lowest BCUT2D eigenvalue weighted by atomic mass is 9.75. The summed E-state index contributed by atoms with van der Waals surface area (Å²) in [6.45, 7) is 5.60. The van der Waals surface area contributed by atoms with Crippen LogP contribution in [0.1, 0.15) is 38.8 Å². The number of aromatic nitrogens is 1. The second-order valence-electron chi connectivity index (χ2n) is 8.26. The van der Waals surface area contributed by atoms with Gasteiger partial charge in [0.25, 0.3) is 6.47 Å². The summed E-state index contributed by atoms with van der Waals surface area (Å²) >= 11 is 0. The third-order valence-corrected chi connectivity index (χ3v) is 5.70. The number of amides is 2. The molecule has 2 atom stereocenters. The fourth-order valence-electron chi connectivity index (χ4n) is 4.07. The molecule has 1 aromatic heterocycles. The van der Waals surface area contributed by atoms with Gasteiger partial charge in [0.1, 0.15) is 0 Å². The Morgan fingerprint density at radius 1 is 1.35 bits per heavy atom. The molecular weight excluding hydrogens is 404 g/mol. The van der Waals surface area contributed by atoms with Crippen LogP contribution in [-0.2, 0) is 25.7 Å². The summed E-state index contributed by atoms with van der Waals surface area (Å²) < 4.78 is 6.18. The highest BCUT2D eigenvalue weighted by molar-refractivity contribution is 5.83. The molecule has 1 spiro atoms. The van der Waals surface area contributed by atoms with Gasteiger partial charge in [-0.2, -0.15) is 0 Å². The maximum Gasteiger partial charge on any atom is 0.290 e. The molecular formula is C21H32N4O6. The number of aliphatic hydroxyl groups is 1. The zero-order chi connectivity index (χ0) is 22.9. The molecule has 0 bridgehead atoms. The van der Waals surface area contributed by atoms with Gasteiger partial charge in [-0.25, -0.2) is 0 Å². The van der Waals surface area contributed by atoms with Crippen LogP contribution in [0.2, 0.25) is 0 Å². The standard InChI is InChI=1S/C20H30N4O4.CH2O2/c1-15(25)22-11-18(26)23-17-13-28-20(14-19(17,2)27)6-9-24(10-7-20)12-16-5-3-4-8-21-16;2-1-3/h3-5,8,17,27H,6-7,9-14H2,1-2H3,(H,22,25)(H,23,26);1H,(H,2,3)/t17-,19-;/m0./s1. The summed E-state index contributed by atoms with van der Waals surface area (Å²) in [5, 5.41) is 23.1. The Hall–Kier alpha value is -2.56. The molecule has 2 saturated heterocycles. The van der Waals surface area contributed by atoms with Crippen LogP contribution in [0.4, 0.5) is 0 Å². The van der Waals surface area contributed by atoms with Crippen LogP contribution in [0.5, 0.6) is 0 Å². The van der Waals surface area contributed by atoms with Gasteiger partial charge in [0.2, 0.25) is 11.8 Å². The number of hydrogen-bond acceptors (Lipinski definition) is 7. The maximum atomic E-state index is 12.0. The number of carbonyl (C=O) groups is 3. The Labute approximate surface area is 182 Å². The minimum absolute atomic E-state index is 0.102. The highest BCUT2D eigenvalue weighted by atomic mass is 16.5. The summed E-state index contributed by atoms with van der Waals surface area (Å²) in [5.41, 5.74) is -0.368. The average molecular weight is 437 g/mol. The maximum absolute atomic E-state index is 12.0. The number of piperidine rings is 1. The molecule has 0 saturated carbocycles. The van der Waals surface area contributed by atoms with Crippen molar-refractivity contribution in [3.63, 3.8) is 0 Å². The van der Waals surface area contributed by atoms with Crippen molar-refractivity contribution in [2.75, 3.05) is 26.2 Å². The van der Waals surface area contributed by atoms with Gasteiger partial charge >= 0.3 is 0 Å².